The van der Waals surface area contributed by atoms with Crippen molar-refractivity contribution in [2.24, 2.45) is 0 Å². The maximum absolute atomic E-state index is 12.4. The normalized spacial score (nSPS) is 10.8. The van der Waals surface area contributed by atoms with Crippen LogP contribution in [0.15, 0.2) is 40.9 Å². The molecular weight excluding hydrogens is 330 g/mol. The Morgan fingerprint density at radius 2 is 1.86 bits per heavy atom. The van der Waals surface area contributed by atoms with Gasteiger partial charge in [-0.3, -0.25) is 9.89 Å². The van der Waals surface area contributed by atoms with Gasteiger partial charge in [0.2, 0.25) is 0 Å². The molecule has 0 bridgehead atoms. The molecule has 0 spiro atoms. The van der Waals surface area contributed by atoms with E-state index in [0.717, 1.165) is 32.2 Å². The van der Waals surface area contributed by atoms with Crippen LogP contribution in [0, 0.1) is 13.8 Å². The van der Waals surface area contributed by atoms with Crippen LogP contribution in [0.5, 0.6) is 0 Å². The number of fused-ring (bicyclic) bond motifs is 1. The van der Waals surface area contributed by atoms with E-state index in [1.807, 2.05) is 50.2 Å². The molecule has 5 heteroatoms. The van der Waals surface area contributed by atoms with Gasteiger partial charge in [0, 0.05) is 15.5 Å². The third kappa shape index (κ3) is 2.56. The second-order valence-electron chi connectivity index (χ2n) is 5.00. The lowest BCUT2D eigenvalue weighted by Crippen LogP contribution is -2.13. The molecule has 1 heterocycles. The van der Waals surface area contributed by atoms with Gasteiger partial charge in [0.05, 0.1) is 5.52 Å². The predicted molar refractivity (Wildman–Crippen MR) is 87.7 cm³/mol. The summed E-state index contributed by atoms with van der Waals surface area (Å²) in [6, 6.07) is 11.4. The summed E-state index contributed by atoms with van der Waals surface area (Å²) in [5, 5.41) is 10.7. The van der Waals surface area contributed by atoms with Crippen molar-refractivity contribution in [3.05, 3.63) is 57.7 Å². The highest BCUT2D eigenvalue weighted by Gasteiger charge is 2.14. The lowest BCUT2D eigenvalue weighted by atomic mass is 10.1. The molecule has 21 heavy (non-hydrogen) atoms. The zero-order valence-corrected chi connectivity index (χ0v) is 13.3. The van der Waals surface area contributed by atoms with E-state index in [4.69, 9.17) is 0 Å². The van der Waals surface area contributed by atoms with E-state index in [0.29, 0.717) is 5.69 Å². The molecule has 0 radical (unpaired) electrons. The van der Waals surface area contributed by atoms with Crippen LogP contribution >= 0.6 is 15.9 Å². The number of rotatable bonds is 2. The highest BCUT2D eigenvalue weighted by Crippen LogP contribution is 2.25. The molecule has 0 fully saturated rings. The number of aryl methyl sites for hydroxylation is 2. The number of aromatic amines is 1. The van der Waals surface area contributed by atoms with Crippen molar-refractivity contribution in [3.8, 4) is 0 Å². The van der Waals surface area contributed by atoms with Gasteiger partial charge in [-0.25, -0.2) is 0 Å². The Labute approximate surface area is 130 Å². The third-order valence-electron chi connectivity index (χ3n) is 3.38. The molecule has 0 aliphatic rings. The van der Waals surface area contributed by atoms with Crippen LogP contribution in [-0.2, 0) is 0 Å². The largest absolute Gasteiger partial charge is 0.321 e. The number of para-hydroxylation sites is 1. The number of amides is 1. The number of nitrogens with zero attached hydrogens (tertiary/aromatic N) is 1. The highest BCUT2D eigenvalue weighted by atomic mass is 79.9. The van der Waals surface area contributed by atoms with Crippen LogP contribution in [0.2, 0.25) is 0 Å². The van der Waals surface area contributed by atoms with Gasteiger partial charge in [-0.15, -0.1) is 0 Å². The van der Waals surface area contributed by atoms with Crippen LogP contribution in [0.4, 0.5) is 5.69 Å². The van der Waals surface area contributed by atoms with Crippen molar-refractivity contribution < 1.29 is 4.79 Å². The van der Waals surface area contributed by atoms with Gasteiger partial charge in [-0.1, -0.05) is 34.1 Å². The molecule has 2 N–H and O–H groups in total. The SMILES string of the molecule is Cc1cc(NC(=O)c2n[nH]c3ccccc23)cc(C)c1Br. The first-order chi connectivity index (χ1) is 10.1. The third-order valence-corrected chi connectivity index (χ3v) is 4.63. The van der Waals surface area contributed by atoms with Crippen molar-refractivity contribution >= 4 is 38.4 Å². The molecule has 4 nitrogen and oxygen atoms in total. The zero-order chi connectivity index (χ0) is 15.0. The van der Waals surface area contributed by atoms with Gasteiger partial charge in [-0.2, -0.15) is 5.10 Å². The molecule has 1 aromatic heterocycles. The smallest absolute Gasteiger partial charge is 0.276 e. The number of benzene rings is 2. The minimum Gasteiger partial charge on any atom is -0.321 e. The molecule has 0 atom stereocenters. The summed E-state index contributed by atoms with van der Waals surface area (Å²) in [6.45, 7) is 3.99. The number of hydrogen-bond donors (Lipinski definition) is 2. The Morgan fingerprint density at radius 1 is 1.19 bits per heavy atom. The zero-order valence-electron chi connectivity index (χ0n) is 11.7. The fourth-order valence-electron chi connectivity index (χ4n) is 2.34. The summed E-state index contributed by atoms with van der Waals surface area (Å²) in [5.41, 5.74) is 4.19. The van der Waals surface area contributed by atoms with Crippen molar-refractivity contribution in [1.82, 2.24) is 10.2 Å². The van der Waals surface area contributed by atoms with Crippen LogP contribution in [0.1, 0.15) is 21.6 Å². The predicted octanol–water partition coefficient (Wildman–Crippen LogP) is 4.19. The van der Waals surface area contributed by atoms with Gasteiger partial charge in [0.15, 0.2) is 5.69 Å². The lowest BCUT2D eigenvalue weighted by Gasteiger charge is -2.09. The van der Waals surface area contributed by atoms with Gasteiger partial charge < -0.3 is 5.32 Å². The first-order valence-electron chi connectivity index (χ1n) is 6.57. The minimum absolute atomic E-state index is 0.214. The summed E-state index contributed by atoms with van der Waals surface area (Å²) in [5.74, 6) is -0.214. The molecule has 0 saturated carbocycles. The van der Waals surface area contributed by atoms with Crippen LogP contribution < -0.4 is 5.32 Å². The lowest BCUT2D eigenvalue weighted by molar-refractivity contribution is 0.102. The fourth-order valence-corrected chi connectivity index (χ4v) is 2.57. The molecule has 0 aliphatic heterocycles. The van der Waals surface area contributed by atoms with Crippen molar-refractivity contribution in [2.45, 2.75) is 13.8 Å². The number of H-pyrrole nitrogens is 1. The molecule has 2 aromatic carbocycles. The van der Waals surface area contributed by atoms with E-state index in [1.165, 1.54) is 0 Å². The Kier molecular flexibility index (Phi) is 3.51. The van der Waals surface area contributed by atoms with E-state index in [-0.39, 0.29) is 5.91 Å². The van der Waals surface area contributed by atoms with E-state index < -0.39 is 0 Å². The van der Waals surface area contributed by atoms with E-state index >= 15 is 0 Å². The summed E-state index contributed by atoms with van der Waals surface area (Å²) in [6.07, 6.45) is 0. The van der Waals surface area contributed by atoms with Crippen LogP contribution in [0.25, 0.3) is 10.9 Å². The molecular formula is C16H14BrN3O. The maximum Gasteiger partial charge on any atom is 0.276 e. The number of carbonyl (C=O) groups is 1. The second-order valence-corrected chi connectivity index (χ2v) is 5.79. The fraction of sp³-hybridized carbons (Fsp3) is 0.125. The number of aromatic nitrogens is 2. The topological polar surface area (TPSA) is 57.8 Å². The van der Waals surface area contributed by atoms with E-state index in [2.05, 4.69) is 31.4 Å². The van der Waals surface area contributed by atoms with Crippen LogP contribution in [0.3, 0.4) is 0 Å². The molecule has 1 amide bonds. The highest BCUT2D eigenvalue weighted by molar-refractivity contribution is 9.10. The monoisotopic (exact) mass is 343 g/mol. The van der Waals surface area contributed by atoms with Gasteiger partial charge >= 0.3 is 0 Å². The Hall–Kier alpha value is -2.14. The first-order valence-corrected chi connectivity index (χ1v) is 7.37. The summed E-state index contributed by atoms with van der Waals surface area (Å²) < 4.78 is 1.06. The molecule has 106 valence electrons. The van der Waals surface area contributed by atoms with Gasteiger partial charge in [-0.05, 0) is 43.2 Å². The summed E-state index contributed by atoms with van der Waals surface area (Å²) in [7, 11) is 0. The quantitative estimate of drug-likeness (QED) is 0.732. The summed E-state index contributed by atoms with van der Waals surface area (Å²) in [4.78, 5) is 12.4. The number of halogens is 1. The Morgan fingerprint density at radius 3 is 2.57 bits per heavy atom. The number of carbonyl (C=O) groups excluding carboxylic acids is 1. The first kappa shape index (κ1) is 13.8. The minimum atomic E-state index is -0.214. The average molecular weight is 344 g/mol. The summed E-state index contributed by atoms with van der Waals surface area (Å²) >= 11 is 3.52. The second kappa shape index (κ2) is 5.33. The van der Waals surface area contributed by atoms with Crippen molar-refractivity contribution in [3.63, 3.8) is 0 Å². The molecule has 3 aromatic rings. The van der Waals surface area contributed by atoms with Gasteiger partial charge in [0.1, 0.15) is 0 Å². The van der Waals surface area contributed by atoms with Crippen molar-refractivity contribution in [2.75, 3.05) is 5.32 Å². The van der Waals surface area contributed by atoms with Crippen LogP contribution in [-0.4, -0.2) is 16.1 Å². The Bertz CT molecular complexity index is 815. The average Bonchev–Trinajstić information content (AvgIpc) is 2.88. The van der Waals surface area contributed by atoms with Gasteiger partial charge in [0.25, 0.3) is 5.91 Å². The maximum atomic E-state index is 12.4. The molecule has 0 saturated heterocycles. The number of hydrogen-bond acceptors (Lipinski definition) is 2. The van der Waals surface area contributed by atoms with E-state index in [1.54, 1.807) is 0 Å². The molecule has 0 aliphatic carbocycles. The Balaban J connectivity index is 1.93. The number of anilines is 1. The van der Waals surface area contributed by atoms with Crippen molar-refractivity contribution in [1.29, 1.82) is 0 Å². The van der Waals surface area contributed by atoms with E-state index in [9.17, 15) is 4.79 Å². The standard InChI is InChI=1S/C16H14BrN3O/c1-9-7-11(8-10(2)14(9)17)18-16(21)15-12-5-3-4-6-13(12)19-20-15/h3-8H,1-2H3,(H,18,21)(H,19,20). The molecule has 3 rings (SSSR count). The molecule has 0 unspecified atom stereocenters. The number of nitrogens with one attached hydrogen (secondary N) is 2.